The SMILES string of the molecule is C=C.Cc1cc(NC(=O)c2ccc(NSCCO)cc2N2CCC3(CC2)CC3)nc(N2CCC(F)(F)CC2)c1. The number of piperidine rings is 2. The van der Waals surface area contributed by atoms with Gasteiger partial charge in [0.05, 0.1) is 17.9 Å². The lowest BCUT2D eigenvalue weighted by Crippen LogP contribution is -2.39. The Hall–Kier alpha value is -2.85. The van der Waals surface area contributed by atoms with Crippen molar-refractivity contribution in [2.45, 2.75) is 51.4 Å². The molecule has 3 fully saturated rings. The van der Waals surface area contributed by atoms with Crippen molar-refractivity contribution in [3.05, 3.63) is 54.6 Å². The van der Waals surface area contributed by atoms with Crippen molar-refractivity contribution >= 4 is 40.9 Å². The molecule has 1 spiro atoms. The molecule has 0 unspecified atom stereocenters. The van der Waals surface area contributed by atoms with Crippen molar-refractivity contribution in [1.82, 2.24) is 4.98 Å². The van der Waals surface area contributed by atoms with Crippen LogP contribution in [0.4, 0.5) is 31.8 Å². The molecule has 3 heterocycles. The number of nitrogens with zero attached hydrogens (tertiary/aromatic N) is 3. The summed E-state index contributed by atoms with van der Waals surface area (Å²) in [4.78, 5) is 22.3. The number of benzene rings is 1. The minimum absolute atomic E-state index is 0.0879. The first kappa shape index (κ1) is 29.1. The maximum Gasteiger partial charge on any atom is 0.258 e. The van der Waals surface area contributed by atoms with Gasteiger partial charge in [-0.25, -0.2) is 13.8 Å². The van der Waals surface area contributed by atoms with E-state index in [1.807, 2.05) is 36.1 Å². The van der Waals surface area contributed by atoms with Gasteiger partial charge in [-0.05, 0) is 73.9 Å². The Bertz CT molecular complexity index is 1140. The van der Waals surface area contributed by atoms with Gasteiger partial charge in [-0.15, -0.1) is 13.2 Å². The van der Waals surface area contributed by atoms with Crippen LogP contribution in [-0.2, 0) is 0 Å². The highest BCUT2D eigenvalue weighted by Gasteiger charge is 2.44. The number of hydrogen-bond donors (Lipinski definition) is 3. The summed E-state index contributed by atoms with van der Waals surface area (Å²) in [5.74, 6) is -1.28. The van der Waals surface area contributed by atoms with E-state index < -0.39 is 5.92 Å². The van der Waals surface area contributed by atoms with E-state index in [1.165, 1.54) is 24.8 Å². The number of anilines is 4. The lowest BCUT2D eigenvalue weighted by atomic mass is 9.93. The summed E-state index contributed by atoms with van der Waals surface area (Å²) in [6.45, 7) is 10.3. The van der Waals surface area contributed by atoms with Gasteiger partial charge in [-0.2, -0.15) is 0 Å². The third kappa shape index (κ3) is 7.42. The molecule has 5 rings (SSSR count). The number of aliphatic hydroxyl groups excluding tert-OH is 1. The van der Waals surface area contributed by atoms with Crippen molar-refractivity contribution in [1.29, 1.82) is 0 Å². The van der Waals surface area contributed by atoms with Gasteiger partial charge in [-0.3, -0.25) is 4.79 Å². The molecular formula is C29H39F2N5O2S. The summed E-state index contributed by atoms with van der Waals surface area (Å²) in [5, 5.41) is 12.1. The van der Waals surface area contributed by atoms with E-state index in [2.05, 4.69) is 33.1 Å². The summed E-state index contributed by atoms with van der Waals surface area (Å²) in [5.41, 5.74) is 3.77. The fourth-order valence-corrected chi connectivity index (χ4v) is 5.74. The zero-order valence-electron chi connectivity index (χ0n) is 22.6. The quantitative estimate of drug-likeness (QED) is 0.204. The molecule has 1 aromatic heterocycles. The molecule has 1 aliphatic carbocycles. The highest BCUT2D eigenvalue weighted by molar-refractivity contribution is 8.00. The number of hydrogen-bond acceptors (Lipinski definition) is 7. The fraction of sp³-hybridized carbons (Fsp3) is 0.517. The van der Waals surface area contributed by atoms with Gasteiger partial charge in [0.15, 0.2) is 0 Å². The predicted molar refractivity (Wildman–Crippen MR) is 157 cm³/mol. The molecule has 1 saturated carbocycles. The molecule has 7 nitrogen and oxygen atoms in total. The Balaban J connectivity index is 0.00000172. The van der Waals surface area contributed by atoms with Crippen LogP contribution in [-0.4, -0.2) is 60.5 Å². The van der Waals surface area contributed by atoms with Crippen molar-refractivity contribution < 1.29 is 18.7 Å². The summed E-state index contributed by atoms with van der Waals surface area (Å²) < 4.78 is 30.5. The number of amides is 1. The summed E-state index contributed by atoms with van der Waals surface area (Å²) in [7, 11) is 0. The third-order valence-corrected chi connectivity index (χ3v) is 8.53. The Morgan fingerprint density at radius 3 is 2.33 bits per heavy atom. The second kappa shape index (κ2) is 12.6. The average Bonchev–Trinajstić information content (AvgIpc) is 3.68. The molecule has 2 saturated heterocycles. The van der Waals surface area contributed by atoms with Crippen LogP contribution in [0.5, 0.6) is 0 Å². The van der Waals surface area contributed by atoms with E-state index >= 15 is 0 Å². The lowest BCUT2D eigenvalue weighted by molar-refractivity contribution is -0.0221. The minimum Gasteiger partial charge on any atom is -0.395 e. The Morgan fingerprint density at radius 2 is 1.69 bits per heavy atom. The lowest BCUT2D eigenvalue weighted by Gasteiger charge is -2.35. The number of halogens is 2. The molecule has 212 valence electrons. The Morgan fingerprint density at radius 1 is 1.03 bits per heavy atom. The molecule has 2 aliphatic heterocycles. The largest absolute Gasteiger partial charge is 0.395 e. The zero-order chi connectivity index (χ0) is 28.0. The molecule has 0 atom stereocenters. The van der Waals surface area contributed by atoms with E-state index in [0.29, 0.717) is 28.4 Å². The molecule has 0 bridgehead atoms. The van der Waals surface area contributed by atoms with E-state index in [-0.39, 0.29) is 38.4 Å². The van der Waals surface area contributed by atoms with Gasteiger partial charge in [0.2, 0.25) is 0 Å². The second-order valence-corrected chi connectivity index (χ2v) is 11.5. The number of carbonyl (C=O) groups excluding carboxylic acids is 1. The number of carbonyl (C=O) groups is 1. The number of pyridine rings is 1. The fourth-order valence-electron chi connectivity index (χ4n) is 5.25. The molecule has 2 aromatic rings. The van der Waals surface area contributed by atoms with Crippen LogP contribution in [0, 0.1) is 12.3 Å². The van der Waals surface area contributed by atoms with Gasteiger partial charge in [0, 0.05) is 50.5 Å². The molecule has 1 amide bonds. The monoisotopic (exact) mass is 559 g/mol. The molecular weight excluding hydrogens is 520 g/mol. The first-order chi connectivity index (χ1) is 18.8. The summed E-state index contributed by atoms with van der Waals surface area (Å²) in [6.07, 6.45) is 4.52. The van der Waals surface area contributed by atoms with Gasteiger partial charge < -0.3 is 24.9 Å². The highest BCUT2D eigenvalue weighted by Crippen LogP contribution is 2.54. The number of rotatable bonds is 8. The molecule has 3 N–H and O–H groups in total. The van der Waals surface area contributed by atoms with Crippen LogP contribution in [0.25, 0.3) is 0 Å². The zero-order valence-corrected chi connectivity index (χ0v) is 23.5. The number of aliphatic hydroxyl groups is 1. The van der Waals surface area contributed by atoms with Crippen LogP contribution in [0.15, 0.2) is 43.5 Å². The normalized spacial score (nSPS) is 19.2. The van der Waals surface area contributed by atoms with Crippen LogP contribution in [0.2, 0.25) is 0 Å². The van der Waals surface area contributed by atoms with Crippen molar-refractivity contribution in [3.63, 3.8) is 0 Å². The first-order valence-corrected chi connectivity index (χ1v) is 14.6. The van der Waals surface area contributed by atoms with Gasteiger partial charge >= 0.3 is 0 Å². The standard InChI is InChI=1S/C27H35F2N5O2S.C2H4/c1-19-16-23(30-24(17-19)34-12-8-27(28,29)9-13-34)31-25(36)21-3-2-20(32-37-15-14-35)18-22(21)33-10-6-26(4-5-26)7-11-33;1-2/h2-3,16-18,32,35H,4-15H2,1H3,(H,30,31,36);1-2H2. The van der Waals surface area contributed by atoms with Gasteiger partial charge in [-0.1, -0.05) is 11.9 Å². The molecule has 1 aromatic carbocycles. The second-order valence-electron chi connectivity index (χ2n) is 10.6. The van der Waals surface area contributed by atoms with Crippen molar-refractivity contribution in [2.24, 2.45) is 5.41 Å². The number of aromatic nitrogens is 1. The molecule has 10 heteroatoms. The molecule has 3 aliphatic rings. The van der Waals surface area contributed by atoms with Gasteiger partial charge in [0.1, 0.15) is 11.6 Å². The van der Waals surface area contributed by atoms with Gasteiger partial charge in [0.25, 0.3) is 11.8 Å². The number of aryl methyl sites for hydroxylation is 1. The van der Waals surface area contributed by atoms with E-state index in [9.17, 15) is 13.6 Å². The highest BCUT2D eigenvalue weighted by atomic mass is 32.2. The van der Waals surface area contributed by atoms with E-state index in [0.717, 1.165) is 42.9 Å². The third-order valence-electron chi connectivity index (χ3n) is 7.76. The van der Waals surface area contributed by atoms with Crippen LogP contribution in [0.3, 0.4) is 0 Å². The van der Waals surface area contributed by atoms with E-state index in [4.69, 9.17) is 5.11 Å². The van der Waals surface area contributed by atoms with Crippen molar-refractivity contribution in [2.75, 3.05) is 58.4 Å². The minimum atomic E-state index is -2.63. The van der Waals surface area contributed by atoms with Crippen LogP contribution < -0.4 is 19.8 Å². The average molecular weight is 560 g/mol. The van der Waals surface area contributed by atoms with E-state index in [1.54, 1.807) is 6.07 Å². The predicted octanol–water partition coefficient (Wildman–Crippen LogP) is 6.11. The summed E-state index contributed by atoms with van der Waals surface area (Å²) >= 11 is 1.42. The topological polar surface area (TPSA) is 80.7 Å². The maximum atomic E-state index is 13.6. The number of alkyl halides is 2. The Kier molecular flexibility index (Phi) is 9.38. The maximum absolute atomic E-state index is 13.6. The first-order valence-electron chi connectivity index (χ1n) is 13.6. The molecule has 0 radical (unpaired) electrons. The summed E-state index contributed by atoms with van der Waals surface area (Å²) in [6, 6.07) is 9.39. The van der Waals surface area contributed by atoms with Crippen LogP contribution >= 0.6 is 11.9 Å². The van der Waals surface area contributed by atoms with Crippen LogP contribution in [0.1, 0.15) is 54.4 Å². The van der Waals surface area contributed by atoms with Crippen molar-refractivity contribution in [3.8, 4) is 0 Å². The molecule has 39 heavy (non-hydrogen) atoms. The Labute approximate surface area is 234 Å². The number of nitrogens with one attached hydrogen (secondary N) is 2. The smallest absolute Gasteiger partial charge is 0.258 e.